The molecular formula is C21H28ClN3O. The molecule has 0 bridgehead atoms. The Morgan fingerprint density at radius 1 is 1.31 bits per heavy atom. The molecule has 1 aromatic carbocycles. The number of likely N-dealkylation sites (tertiary alicyclic amines) is 1. The van der Waals surface area contributed by atoms with Crippen molar-refractivity contribution >= 4 is 11.6 Å². The quantitative estimate of drug-likeness (QED) is 0.836. The van der Waals surface area contributed by atoms with Crippen LogP contribution in [-0.4, -0.2) is 39.2 Å². The molecule has 0 amide bonds. The van der Waals surface area contributed by atoms with Crippen LogP contribution in [-0.2, 0) is 24.8 Å². The Balaban J connectivity index is 1.42. The van der Waals surface area contributed by atoms with Crippen molar-refractivity contribution in [2.75, 3.05) is 13.1 Å². The average molecular weight is 374 g/mol. The summed E-state index contributed by atoms with van der Waals surface area (Å²) in [6, 6.07) is 8.57. The van der Waals surface area contributed by atoms with E-state index in [2.05, 4.69) is 46.1 Å². The predicted octanol–water partition coefficient (Wildman–Crippen LogP) is 3.86. The summed E-state index contributed by atoms with van der Waals surface area (Å²) >= 11 is 6.34. The van der Waals surface area contributed by atoms with E-state index in [1.165, 1.54) is 11.1 Å². The highest BCUT2D eigenvalue weighted by molar-refractivity contribution is 6.30. The van der Waals surface area contributed by atoms with Crippen LogP contribution in [0.5, 0.6) is 0 Å². The number of nitrogens with one attached hydrogen (secondary N) is 1. The molecule has 1 atom stereocenters. The van der Waals surface area contributed by atoms with Crippen molar-refractivity contribution in [2.45, 2.75) is 63.5 Å². The number of aromatic amines is 1. The minimum atomic E-state index is -0.251. The Bertz CT molecular complexity index is 764. The highest BCUT2D eigenvalue weighted by Gasteiger charge is 2.47. The molecular weight excluding hydrogens is 346 g/mol. The third-order valence-electron chi connectivity index (χ3n) is 6.28. The van der Waals surface area contributed by atoms with E-state index in [0.29, 0.717) is 5.15 Å². The molecule has 4 nitrogen and oxygen atoms in total. The van der Waals surface area contributed by atoms with E-state index in [-0.39, 0.29) is 11.5 Å². The van der Waals surface area contributed by atoms with E-state index >= 15 is 0 Å². The standard InChI is InChI=1S/C21H28ClN3O/c1-2-3-8-19-23-17(20(22)24-19)14-25-11-9-21(10-12-25)16-7-5-4-6-15(16)13-18(21)26/h4-7,18,26H,2-3,8-14H2,1H3,(H,23,24)/t18-/m0/s1. The lowest BCUT2D eigenvalue weighted by Gasteiger charge is -2.42. The Hall–Kier alpha value is -1.36. The van der Waals surface area contributed by atoms with Gasteiger partial charge in [-0.15, -0.1) is 0 Å². The number of nitrogens with zero attached hydrogens (tertiary/aromatic N) is 2. The predicted molar refractivity (Wildman–Crippen MR) is 105 cm³/mol. The fraction of sp³-hybridized carbons (Fsp3) is 0.571. The lowest BCUT2D eigenvalue weighted by atomic mass is 9.72. The molecule has 1 aliphatic carbocycles. The first-order valence-electron chi connectivity index (χ1n) is 9.84. The number of rotatable bonds is 5. The highest BCUT2D eigenvalue weighted by atomic mass is 35.5. The summed E-state index contributed by atoms with van der Waals surface area (Å²) in [6.45, 7) is 4.95. The lowest BCUT2D eigenvalue weighted by Crippen LogP contribution is -2.47. The van der Waals surface area contributed by atoms with E-state index in [9.17, 15) is 5.11 Å². The Morgan fingerprint density at radius 2 is 2.08 bits per heavy atom. The van der Waals surface area contributed by atoms with E-state index in [4.69, 9.17) is 11.6 Å². The van der Waals surface area contributed by atoms with Gasteiger partial charge < -0.3 is 10.1 Å². The van der Waals surface area contributed by atoms with Gasteiger partial charge in [-0.1, -0.05) is 49.2 Å². The Labute approximate surface area is 160 Å². The van der Waals surface area contributed by atoms with Gasteiger partial charge in [0.2, 0.25) is 0 Å². The minimum absolute atomic E-state index is 0.0584. The van der Waals surface area contributed by atoms with E-state index in [1.54, 1.807) is 0 Å². The van der Waals surface area contributed by atoms with Gasteiger partial charge in [0, 0.05) is 18.4 Å². The molecule has 2 heterocycles. The number of aliphatic hydroxyl groups excluding tert-OH is 1. The second kappa shape index (κ2) is 7.34. The second-order valence-electron chi connectivity index (χ2n) is 7.87. The Kier molecular flexibility index (Phi) is 5.09. The van der Waals surface area contributed by atoms with Crippen LogP contribution in [0.15, 0.2) is 24.3 Å². The molecule has 1 aliphatic heterocycles. The molecule has 2 aliphatic rings. The van der Waals surface area contributed by atoms with Crippen molar-refractivity contribution in [1.29, 1.82) is 0 Å². The SMILES string of the molecule is CCCCc1nc(Cl)c(CN2CCC3(CC2)c2ccccc2C[C@@H]3O)[nH]1. The highest BCUT2D eigenvalue weighted by Crippen LogP contribution is 2.46. The number of hydrogen-bond donors (Lipinski definition) is 2. The van der Waals surface area contributed by atoms with Crippen molar-refractivity contribution in [3.8, 4) is 0 Å². The number of fused-ring (bicyclic) bond motifs is 2. The third kappa shape index (κ3) is 3.19. The van der Waals surface area contributed by atoms with Crippen molar-refractivity contribution in [2.24, 2.45) is 0 Å². The maximum atomic E-state index is 10.8. The summed E-state index contributed by atoms with van der Waals surface area (Å²) in [5.41, 5.74) is 3.66. The van der Waals surface area contributed by atoms with Gasteiger partial charge in [-0.3, -0.25) is 4.90 Å². The number of aliphatic hydroxyl groups is 1. The van der Waals surface area contributed by atoms with Crippen LogP contribution >= 0.6 is 11.6 Å². The van der Waals surface area contributed by atoms with Gasteiger partial charge in [0.15, 0.2) is 5.15 Å². The number of piperidine rings is 1. The number of benzene rings is 1. The van der Waals surface area contributed by atoms with Crippen molar-refractivity contribution in [3.05, 3.63) is 52.1 Å². The molecule has 4 rings (SSSR count). The zero-order valence-electron chi connectivity index (χ0n) is 15.5. The zero-order chi connectivity index (χ0) is 18.1. The fourth-order valence-corrected chi connectivity index (χ4v) is 4.92. The fourth-order valence-electron chi connectivity index (χ4n) is 4.71. The number of aryl methyl sites for hydroxylation is 1. The van der Waals surface area contributed by atoms with Gasteiger partial charge in [-0.05, 0) is 49.9 Å². The van der Waals surface area contributed by atoms with E-state index < -0.39 is 0 Å². The van der Waals surface area contributed by atoms with Crippen molar-refractivity contribution in [3.63, 3.8) is 0 Å². The zero-order valence-corrected chi connectivity index (χ0v) is 16.2. The number of halogens is 1. The van der Waals surface area contributed by atoms with E-state index in [1.807, 2.05) is 0 Å². The third-order valence-corrected chi connectivity index (χ3v) is 6.59. The van der Waals surface area contributed by atoms with Crippen LogP contribution in [0, 0.1) is 0 Å². The lowest BCUT2D eigenvalue weighted by molar-refractivity contribution is 0.0411. The summed E-state index contributed by atoms with van der Waals surface area (Å²) in [5, 5.41) is 11.4. The number of H-pyrrole nitrogens is 1. The molecule has 5 heteroatoms. The summed E-state index contributed by atoms with van der Waals surface area (Å²) in [4.78, 5) is 10.3. The molecule has 26 heavy (non-hydrogen) atoms. The molecule has 0 saturated carbocycles. The largest absolute Gasteiger partial charge is 0.392 e. The van der Waals surface area contributed by atoms with Gasteiger partial charge in [0.1, 0.15) is 5.82 Å². The first-order valence-corrected chi connectivity index (χ1v) is 10.2. The van der Waals surface area contributed by atoms with E-state index in [0.717, 1.165) is 69.7 Å². The van der Waals surface area contributed by atoms with Crippen LogP contribution in [0.1, 0.15) is 55.3 Å². The van der Waals surface area contributed by atoms with Crippen LogP contribution < -0.4 is 0 Å². The molecule has 2 N–H and O–H groups in total. The first-order chi connectivity index (χ1) is 12.6. The van der Waals surface area contributed by atoms with Gasteiger partial charge in [0.25, 0.3) is 0 Å². The molecule has 140 valence electrons. The number of aromatic nitrogens is 2. The second-order valence-corrected chi connectivity index (χ2v) is 8.22. The molecule has 1 aromatic heterocycles. The van der Waals surface area contributed by atoms with Crippen LogP contribution in [0.25, 0.3) is 0 Å². The molecule has 0 unspecified atom stereocenters. The summed E-state index contributed by atoms with van der Waals surface area (Å²) in [7, 11) is 0. The average Bonchev–Trinajstić information content (AvgIpc) is 3.13. The number of unbranched alkanes of at least 4 members (excludes halogenated alkanes) is 1. The molecule has 0 radical (unpaired) electrons. The topological polar surface area (TPSA) is 52.1 Å². The smallest absolute Gasteiger partial charge is 0.151 e. The van der Waals surface area contributed by atoms with Crippen molar-refractivity contribution < 1.29 is 5.11 Å². The molecule has 1 saturated heterocycles. The van der Waals surface area contributed by atoms with Crippen LogP contribution in [0.3, 0.4) is 0 Å². The number of hydrogen-bond acceptors (Lipinski definition) is 3. The monoisotopic (exact) mass is 373 g/mol. The first kappa shape index (κ1) is 18.0. The van der Waals surface area contributed by atoms with Gasteiger partial charge in [-0.25, -0.2) is 4.98 Å². The molecule has 1 fully saturated rings. The minimum Gasteiger partial charge on any atom is -0.392 e. The normalized spacial score (nSPS) is 22.0. The van der Waals surface area contributed by atoms with Gasteiger partial charge in [0.05, 0.1) is 11.8 Å². The van der Waals surface area contributed by atoms with Crippen molar-refractivity contribution in [1.82, 2.24) is 14.9 Å². The van der Waals surface area contributed by atoms with Crippen LogP contribution in [0.2, 0.25) is 5.15 Å². The van der Waals surface area contributed by atoms with Gasteiger partial charge in [-0.2, -0.15) is 0 Å². The van der Waals surface area contributed by atoms with Gasteiger partial charge >= 0.3 is 0 Å². The Morgan fingerprint density at radius 3 is 2.85 bits per heavy atom. The van der Waals surface area contributed by atoms with Crippen LogP contribution in [0.4, 0.5) is 0 Å². The summed E-state index contributed by atoms with van der Waals surface area (Å²) in [5.74, 6) is 1.00. The maximum Gasteiger partial charge on any atom is 0.151 e. The maximum absolute atomic E-state index is 10.8. The summed E-state index contributed by atoms with van der Waals surface area (Å²) < 4.78 is 0. The summed E-state index contributed by atoms with van der Waals surface area (Å²) in [6.07, 6.45) is 5.79. The molecule has 2 aromatic rings. The number of imidazole rings is 1. The molecule has 1 spiro atoms.